The second kappa shape index (κ2) is 4.49. The summed E-state index contributed by atoms with van der Waals surface area (Å²) in [6, 6.07) is 0. The van der Waals surface area contributed by atoms with Crippen LogP contribution in [-0.2, 0) is 7.05 Å². The van der Waals surface area contributed by atoms with Crippen molar-refractivity contribution >= 4 is 5.91 Å². The van der Waals surface area contributed by atoms with Crippen molar-refractivity contribution in [1.29, 1.82) is 0 Å². The van der Waals surface area contributed by atoms with Crippen molar-refractivity contribution < 1.29 is 9.90 Å². The largest absolute Gasteiger partial charge is 0.391 e. The average Bonchev–Trinajstić information content (AvgIpc) is 2.52. The highest BCUT2D eigenvalue weighted by Gasteiger charge is 2.26. The number of amides is 1. The van der Waals surface area contributed by atoms with E-state index in [1.165, 1.54) is 0 Å². The number of β-amino-alcohol motifs (C(OH)–C–C–N with tert-alkyl or cyclic N) is 1. The fraction of sp³-hybridized carbons (Fsp3) is 0.667. The van der Waals surface area contributed by atoms with E-state index < -0.39 is 0 Å². The van der Waals surface area contributed by atoms with Crippen LogP contribution < -0.4 is 0 Å². The summed E-state index contributed by atoms with van der Waals surface area (Å²) in [5.74, 6) is -0.00755. The number of hydrogen-bond acceptors (Lipinski definition) is 3. The van der Waals surface area contributed by atoms with Crippen LogP contribution >= 0.6 is 0 Å². The van der Waals surface area contributed by atoms with Gasteiger partial charge < -0.3 is 10.0 Å². The van der Waals surface area contributed by atoms with E-state index in [2.05, 4.69) is 5.10 Å². The summed E-state index contributed by atoms with van der Waals surface area (Å²) in [6.45, 7) is 4.91. The maximum Gasteiger partial charge on any atom is 0.257 e. The molecule has 94 valence electrons. The quantitative estimate of drug-likeness (QED) is 0.779. The molecular weight excluding hydrogens is 218 g/mol. The number of aliphatic hydroxyl groups is 1. The number of aliphatic hydroxyl groups excluding tert-OH is 1. The molecule has 0 bridgehead atoms. The molecule has 0 radical (unpaired) electrons. The topological polar surface area (TPSA) is 58.4 Å². The van der Waals surface area contributed by atoms with Crippen LogP contribution in [0.4, 0.5) is 0 Å². The molecule has 1 aromatic rings. The summed E-state index contributed by atoms with van der Waals surface area (Å²) in [5.41, 5.74) is 2.32. The van der Waals surface area contributed by atoms with Gasteiger partial charge in [-0.05, 0) is 26.7 Å². The Hall–Kier alpha value is -1.36. The minimum atomic E-state index is -0.384. The van der Waals surface area contributed by atoms with E-state index in [-0.39, 0.29) is 12.0 Å². The number of aryl methyl sites for hydroxylation is 2. The van der Waals surface area contributed by atoms with Gasteiger partial charge >= 0.3 is 0 Å². The zero-order valence-electron chi connectivity index (χ0n) is 10.6. The van der Waals surface area contributed by atoms with Crippen molar-refractivity contribution in [3.63, 3.8) is 0 Å². The lowest BCUT2D eigenvalue weighted by Gasteiger charge is -2.30. The number of carbonyl (C=O) groups excluding carboxylic acids is 1. The van der Waals surface area contributed by atoms with Gasteiger partial charge in [0.15, 0.2) is 0 Å². The number of aromatic nitrogens is 2. The molecule has 0 aliphatic carbocycles. The Morgan fingerprint density at radius 3 is 2.71 bits per heavy atom. The molecule has 5 nitrogen and oxygen atoms in total. The normalized spacial score (nSPS) is 20.7. The van der Waals surface area contributed by atoms with Crippen molar-refractivity contribution in [3.8, 4) is 0 Å². The number of rotatable bonds is 1. The van der Waals surface area contributed by atoms with Crippen molar-refractivity contribution in [2.45, 2.75) is 32.8 Å². The van der Waals surface area contributed by atoms with E-state index in [1.807, 2.05) is 20.9 Å². The van der Waals surface area contributed by atoms with Crippen LogP contribution in [0.5, 0.6) is 0 Å². The summed E-state index contributed by atoms with van der Waals surface area (Å²) in [7, 11) is 1.84. The van der Waals surface area contributed by atoms with E-state index >= 15 is 0 Å². The second-order valence-electron chi connectivity index (χ2n) is 4.72. The predicted octanol–water partition coefficient (Wildman–Crippen LogP) is 0.634. The minimum absolute atomic E-state index is 0.00755. The molecule has 1 aliphatic heterocycles. The Morgan fingerprint density at radius 1 is 1.47 bits per heavy atom. The monoisotopic (exact) mass is 237 g/mol. The predicted molar refractivity (Wildman–Crippen MR) is 63.8 cm³/mol. The van der Waals surface area contributed by atoms with E-state index in [0.29, 0.717) is 12.1 Å². The molecule has 1 saturated heterocycles. The molecule has 0 aromatic carbocycles. The van der Waals surface area contributed by atoms with E-state index in [4.69, 9.17) is 0 Å². The smallest absolute Gasteiger partial charge is 0.257 e. The standard InChI is InChI=1S/C12H19N3O2/c1-8-11(9(2)14(3)13-8)12(17)15-6-4-5-10(16)7-15/h10,16H,4-7H2,1-3H3. The van der Waals surface area contributed by atoms with Crippen LogP contribution in [0, 0.1) is 13.8 Å². The zero-order valence-corrected chi connectivity index (χ0v) is 10.6. The summed E-state index contributed by atoms with van der Waals surface area (Å²) >= 11 is 0. The van der Waals surface area contributed by atoms with Crippen LogP contribution in [0.1, 0.15) is 34.6 Å². The first-order valence-electron chi connectivity index (χ1n) is 5.98. The van der Waals surface area contributed by atoms with Gasteiger partial charge in [-0.3, -0.25) is 9.48 Å². The summed E-state index contributed by atoms with van der Waals surface area (Å²) in [5, 5.41) is 13.9. The molecule has 0 saturated carbocycles. The lowest BCUT2D eigenvalue weighted by atomic mass is 10.1. The highest BCUT2D eigenvalue weighted by molar-refractivity contribution is 5.96. The van der Waals surface area contributed by atoms with Crippen LogP contribution in [0.3, 0.4) is 0 Å². The molecule has 1 unspecified atom stereocenters. The molecule has 1 atom stereocenters. The Balaban J connectivity index is 2.24. The fourth-order valence-electron chi connectivity index (χ4n) is 2.38. The molecule has 1 fully saturated rings. The average molecular weight is 237 g/mol. The Morgan fingerprint density at radius 2 is 2.18 bits per heavy atom. The first-order chi connectivity index (χ1) is 8.00. The lowest BCUT2D eigenvalue weighted by Crippen LogP contribution is -2.42. The van der Waals surface area contributed by atoms with Crippen LogP contribution in [0.15, 0.2) is 0 Å². The molecule has 17 heavy (non-hydrogen) atoms. The zero-order chi connectivity index (χ0) is 12.6. The lowest BCUT2D eigenvalue weighted by molar-refractivity contribution is 0.0472. The van der Waals surface area contributed by atoms with Gasteiger partial charge in [0.05, 0.1) is 17.4 Å². The van der Waals surface area contributed by atoms with Crippen LogP contribution in [0.25, 0.3) is 0 Å². The molecule has 1 N–H and O–H groups in total. The first kappa shape index (κ1) is 12.1. The number of likely N-dealkylation sites (tertiary alicyclic amines) is 1. The van der Waals surface area contributed by atoms with Gasteiger partial charge in [-0.15, -0.1) is 0 Å². The van der Waals surface area contributed by atoms with Crippen molar-refractivity contribution in [2.24, 2.45) is 7.05 Å². The van der Waals surface area contributed by atoms with Gasteiger partial charge in [0, 0.05) is 25.8 Å². The van der Waals surface area contributed by atoms with E-state index in [0.717, 1.165) is 30.8 Å². The highest BCUT2D eigenvalue weighted by Crippen LogP contribution is 2.18. The third kappa shape index (κ3) is 2.20. The fourth-order valence-corrected chi connectivity index (χ4v) is 2.38. The molecule has 2 rings (SSSR count). The molecule has 0 spiro atoms. The van der Waals surface area contributed by atoms with Crippen LogP contribution in [0.2, 0.25) is 0 Å². The Bertz CT molecular complexity index is 439. The number of nitrogens with zero attached hydrogens (tertiary/aromatic N) is 3. The summed E-state index contributed by atoms with van der Waals surface area (Å²) in [4.78, 5) is 14.1. The maximum absolute atomic E-state index is 12.4. The SMILES string of the molecule is Cc1nn(C)c(C)c1C(=O)N1CCCC(O)C1. The second-order valence-corrected chi connectivity index (χ2v) is 4.72. The highest BCUT2D eigenvalue weighted by atomic mass is 16.3. The third-order valence-electron chi connectivity index (χ3n) is 3.41. The maximum atomic E-state index is 12.4. The Kier molecular flexibility index (Phi) is 3.19. The van der Waals surface area contributed by atoms with Gasteiger partial charge in [-0.2, -0.15) is 5.10 Å². The number of piperidine rings is 1. The first-order valence-corrected chi connectivity index (χ1v) is 5.98. The minimum Gasteiger partial charge on any atom is -0.391 e. The van der Waals surface area contributed by atoms with E-state index in [1.54, 1.807) is 9.58 Å². The van der Waals surface area contributed by atoms with Gasteiger partial charge in [0.2, 0.25) is 0 Å². The molecule has 1 aromatic heterocycles. The molecular formula is C12H19N3O2. The van der Waals surface area contributed by atoms with Gasteiger partial charge in [-0.1, -0.05) is 0 Å². The van der Waals surface area contributed by atoms with E-state index in [9.17, 15) is 9.90 Å². The number of hydrogen-bond donors (Lipinski definition) is 1. The Labute approximate surface area is 101 Å². The van der Waals surface area contributed by atoms with Crippen molar-refractivity contribution in [3.05, 3.63) is 17.0 Å². The van der Waals surface area contributed by atoms with Crippen molar-refractivity contribution in [2.75, 3.05) is 13.1 Å². The molecule has 2 heterocycles. The van der Waals surface area contributed by atoms with Gasteiger partial charge in [-0.25, -0.2) is 0 Å². The summed E-state index contributed by atoms with van der Waals surface area (Å²) in [6.07, 6.45) is 1.27. The molecule has 1 aliphatic rings. The van der Waals surface area contributed by atoms with Gasteiger partial charge in [0.25, 0.3) is 5.91 Å². The third-order valence-corrected chi connectivity index (χ3v) is 3.41. The van der Waals surface area contributed by atoms with Gasteiger partial charge in [0.1, 0.15) is 0 Å². The van der Waals surface area contributed by atoms with Crippen LogP contribution in [-0.4, -0.2) is 44.9 Å². The number of carbonyl (C=O) groups is 1. The molecule has 5 heteroatoms. The summed E-state index contributed by atoms with van der Waals surface area (Å²) < 4.78 is 1.73. The van der Waals surface area contributed by atoms with Crippen molar-refractivity contribution in [1.82, 2.24) is 14.7 Å². The molecule has 1 amide bonds.